The van der Waals surface area contributed by atoms with Gasteiger partial charge in [-0.05, 0) is 30.2 Å². The second-order valence-electron chi connectivity index (χ2n) is 5.38. The summed E-state index contributed by atoms with van der Waals surface area (Å²) in [6.07, 6.45) is 1.01. The van der Waals surface area contributed by atoms with Crippen LogP contribution in [0.25, 0.3) is 0 Å². The average Bonchev–Trinajstić information content (AvgIpc) is 2.55. The third-order valence-electron chi connectivity index (χ3n) is 4.01. The van der Waals surface area contributed by atoms with Gasteiger partial charge in [0.2, 0.25) is 0 Å². The molecule has 1 atom stereocenters. The van der Waals surface area contributed by atoms with E-state index in [1.807, 2.05) is 43.4 Å². The largest absolute Gasteiger partial charge is 0.493 e. The van der Waals surface area contributed by atoms with Gasteiger partial charge in [-0.1, -0.05) is 30.3 Å². The first-order valence-electron chi connectivity index (χ1n) is 7.21. The summed E-state index contributed by atoms with van der Waals surface area (Å²) < 4.78 is 5.72. The van der Waals surface area contributed by atoms with Crippen molar-refractivity contribution >= 4 is 5.69 Å². The highest BCUT2D eigenvalue weighted by molar-refractivity contribution is 5.59. The highest BCUT2D eigenvalue weighted by Gasteiger charge is 2.22. The first-order chi connectivity index (χ1) is 10.3. The van der Waals surface area contributed by atoms with Crippen LogP contribution in [0.15, 0.2) is 48.5 Å². The summed E-state index contributed by atoms with van der Waals surface area (Å²) in [5.74, 6) is 1.43. The van der Waals surface area contributed by atoms with Crippen LogP contribution in [0.5, 0.6) is 5.75 Å². The van der Waals surface area contributed by atoms with E-state index in [9.17, 15) is 5.26 Å². The SMILES string of the molecule is CN(CC1CCOc2ccccc21)c1ccccc1C#N. The van der Waals surface area contributed by atoms with Crippen molar-refractivity contribution in [3.05, 3.63) is 59.7 Å². The minimum Gasteiger partial charge on any atom is -0.493 e. The van der Waals surface area contributed by atoms with E-state index in [0.717, 1.165) is 36.6 Å². The van der Waals surface area contributed by atoms with Gasteiger partial charge in [-0.3, -0.25) is 0 Å². The Bertz CT molecular complexity index is 675. The van der Waals surface area contributed by atoms with Crippen LogP contribution in [-0.4, -0.2) is 20.2 Å². The molecule has 0 bridgehead atoms. The Morgan fingerprint density at radius 2 is 1.95 bits per heavy atom. The molecule has 0 saturated carbocycles. The van der Waals surface area contributed by atoms with E-state index >= 15 is 0 Å². The lowest BCUT2D eigenvalue weighted by Crippen LogP contribution is -2.28. The molecule has 3 heteroatoms. The number of fused-ring (bicyclic) bond motifs is 1. The van der Waals surface area contributed by atoms with Gasteiger partial charge in [0.1, 0.15) is 11.8 Å². The molecule has 0 spiro atoms. The Labute approximate surface area is 125 Å². The number of ether oxygens (including phenoxy) is 1. The minimum atomic E-state index is 0.437. The Kier molecular flexibility index (Phi) is 3.79. The quantitative estimate of drug-likeness (QED) is 0.861. The first kappa shape index (κ1) is 13.5. The number of para-hydroxylation sites is 2. The second kappa shape index (κ2) is 5.88. The van der Waals surface area contributed by atoms with Gasteiger partial charge in [-0.25, -0.2) is 0 Å². The highest BCUT2D eigenvalue weighted by atomic mass is 16.5. The van der Waals surface area contributed by atoms with Crippen molar-refractivity contribution < 1.29 is 4.74 Å². The molecule has 3 nitrogen and oxygen atoms in total. The van der Waals surface area contributed by atoms with E-state index < -0.39 is 0 Å². The molecule has 0 aliphatic carbocycles. The van der Waals surface area contributed by atoms with Crippen molar-refractivity contribution in [3.63, 3.8) is 0 Å². The second-order valence-corrected chi connectivity index (χ2v) is 5.38. The molecule has 1 unspecified atom stereocenters. The van der Waals surface area contributed by atoms with Crippen LogP contribution in [0, 0.1) is 11.3 Å². The Balaban J connectivity index is 1.83. The summed E-state index contributed by atoms with van der Waals surface area (Å²) >= 11 is 0. The van der Waals surface area contributed by atoms with Crippen molar-refractivity contribution in [2.45, 2.75) is 12.3 Å². The summed E-state index contributed by atoms with van der Waals surface area (Å²) in [5.41, 5.74) is 2.98. The fourth-order valence-electron chi connectivity index (χ4n) is 2.94. The molecule has 2 aromatic carbocycles. The number of hydrogen-bond donors (Lipinski definition) is 0. The van der Waals surface area contributed by atoms with Crippen molar-refractivity contribution in [1.29, 1.82) is 5.26 Å². The van der Waals surface area contributed by atoms with E-state index in [1.165, 1.54) is 5.56 Å². The van der Waals surface area contributed by atoms with Crippen molar-refractivity contribution in [1.82, 2.24) is 0 Å². The molecule has 0 fully saturated rings. The summed E-state index contributed by atoms with van der Waals surface area (Å²) in [6.45, 7) is 1.65. The van der Waals surface area contributed by atoms with Gasteiger partial charge in [-0.2, -0.15) is 5.26 Å². The zero-order valence-electron chi connectivity index (χ0n) is 12.1. The minimum absolute atomic E-state index is 0.437. The zero-order valence-corrected chi connectivity index (χ0v) is 12.1. The maximum absolute atomic E-state index is 9.23. The third-order valence-corrected chi connectivity index (χ3v) is 4.01. The van der Waals surface area contributed by atoms with Crippen LogP contribution >= 0.6 is 0 Å². The lowest BCUT2D eigenvalue weighted by Gasteiger charge is -2.30. The normalized spacial score (nSPS) is 16.5. The molecular formula is C18H18N2O. The van der Waals surface area contributed by atoms with Crippen molar-refractivity contribution in [2.75, 3.05) is 25.1 Å². The summed E-state index contributed by atoms with van der Waals surface area (Å²) in [7, 11) is 2.05. The van der Waals surface area contributed by atoms with Gasteiger partial charge in [0.25, 0.3) is 0 Å². The Hall–Kier alpha value is -2.47. The fourth-order valence-corrected chi connectivity index (χ4v) is 2.94. The monoisotopic (exact) mass is 278 g/mol. The predicted molar refractivity (Wildman–Crippen MR) is 83.7 cm³/mol. The van der Waals surface area contributed by atoms with Crippen LogP contribution in [-0.2, 0) is 0 Å². The molecule has 3 rings (SSSR count). The highest BCUT2D eigenvalue weighted by Crippen LogP contribution is 2.34. The topological polar surface area (TPSA) is 36.3 Å². The molecule has 0 aromatic heterocycles. The molecule has 1 aliphatic heterocycles. The van der Waals surface area contributed by atoms with Crippen LogP contribution < -0.4 is 9.64 Å². The lowest BCUT2D eigenvalue weighted by atomic mass is 9.92. The fraction of sp³-hybridized carbons (Fsp3) is 0.278. The molecular weight excluding hydrogens is 260 g/mol. The number of nitriles is 1. The third kappa shape index (κ3) is 2.71. The van der Waals surface area contributed by atoms with Gasteiger partial charge in [0.15, 0.2) is 0 Å². The van der Waals surface area contributed by atoms with Crippen LogP contribution in [0.1, 0.15) is 23.5 Å². The van der Waals surface area contributed by atoms with E-state index in [2.05, 4.69) is 23.1 Å². The van der Waals surface area contributed by atoms with E-state index in [1.54, 1.807) is 0 Å². The number of benzene rings is 2. The summed E-state index contributed by atoms with van der Waals surface area (Å²) in [4.78, 5) is 2.17. The van der Waals surface area contributed by atoms with E-state index in [-0.39, 0.29) is 0 Å². The standard InChI is InChI=1S/C18H18N2O/c1-20(17-8-4-2-6-14(17)12-19)13-15-10-11-21-18-9-5-3-7-16(15)18/h2-9,15H,10-11,13H2,1H3. The van der Waals surface area contributed by atoms with Gasteiger partial charge in [0, 0.05) is 19.5 Å². The van der Waals surface area contributed by atoms with Crippen molar-refractivity contribution in [3.8, 4) is 11.8 Å². The number of likely N-dealkylation sites (N-methyl/N-ethyl adjacent to an activating group) is 1. The maximum Gasteiger partial charge on any atom is 0.122 e. The van der Waals surface area contributed by atoms with Crippen LogP contribution in [0.2, 0.25) is 0 Å². The first-order valence-corrected chi connectivity index (χ1v) is 7.21. The van der Waals surface area contributed by atoms with Gasteiger partial charge in [0.05, 0.1) is 17.9 Å². The Morgan fingerprint density at radius 3 is 2.81 bits per heavy atom. The predicted octanol–water partition coefficient (Wildman–Crippen LogP) is 3.56. The molecule has 21 heavy (non-hydrogen) atoms. The Morgan fingerprint density at radius 1 is 1.19 bits per heavy atom. The number of hydrogen-bond acceptors (Lipinski definition) is 3. The maximum atomic E-state index is 9.23. The number of rotatable bonds is 3. The van der Waals surface area contributed by atoms with E-state index in [4.69, 9.17) is 4.74 Å². The zero-order chi connectivity index (χ0) is 14.7. The molecule has 0 saturated heterocycles. The molecule has 1 aliphatic rings. The molecule has 0 radical (unpaired) electrons. The van der Waals surface area contributed by atoms with Crippen LogP contribution in [0.4, 0.5) is 5.69 Å². The summed E-state index contributed by atoms with van der Waals surface area (Å²) in [5, 5.41) is 9.23. The average molecular weight is 278 g/mol. The van der Waals surface area contributed by atoms with Crippen molar-refractivity contribution in [2.24, 2.45) is 0 Å². The number of anilines is 1. The van der Waals surface area contributed by atoms with Gasteiger partial charge >= 0.3 is 0 Å². The summed E-state index contributed by atoms with van der Waals surface area (Å²) in [6, 6.07) is 18.3. The van der Waals surface area contributed by atoms with Gasteiger partial charge in [-0.15, -0.1) is 0 Å². The molecule has 106 valence electrons. The molecule has 0 amide bonds. The molecule has 1 heterocycles. The van der Waals surface area contributed by atoms with E-state index in [0.29, 0.717) is 5.92 Å². The lowest BCUT2D eigenvalue weighted by molar-refractivity contribution is 0.268. The smallest absolute Gasteiger partial charge is 0.122 e. The van der Waals surface area contributed by atoms with Crippen LogP contribution in [0.3, 0.4) is 0 Å². The molecule has 0 N–H and O–H groups in total. The van der Waals surface area contributed by atoms with Gasteiger partial charge < -0.3 is 9.64 Å². The molecule has 2 aromatic rings. The number of nitrogens with zero attached hydrogens (tertiary/aromatic N) is 2.